The molecule has 2 amide bonds. The lowest BCUT2D eigenvalue weighted by Crippen LogP contribution is -2.54. The highest BCUT2D eigenvalue weighted by molar-refractivity contribution is 5.74. The zero-order valence-electron chi connectivity index (χ0n) is 12.4. The predicted octanol–water partition coefficient (Wildman–Crippen LogP) is 1.84. The van der Waals surface area contributed by atoms with E-state index in [-0.39, 0.29) is 24.6 Å². The molecule has 0 aliphatic carbocycles. The van der Waals surface area contributed by atoms with Gasteiger partial charge in [0.05, 0.1) is 18.8 Å². The zero-order chi connectivity index (χ0) is 15.0. The lowest BCUT2D eigenvalue weighted by molar-refractivity contribution is -0.137. The van der Waals surface area contributed by atoms with E-state index in [9.17, 15) is 9.59 Å². The van der Waals surface area contributed by atoms with E-state index in [0.29, 0.717) is 26.1 Å². The summed E-state index contributed by atoms with van der Waals surface area (Å²) in [6.07, 6.45) is 3.47. The summed E-state index contributed by atoms with van der Waals surface area (Å²) in [4.78, 5) is 24.3. The number of ether oxygens (including phenoxy) is 1. The van der Waals surface area contributed by atoms with Gasteiger partial charge in [-0.2, -0.15) is 0 Å². The van der Waals surface area contributed by atoms with Gasteiger partial charge in [-0.3, -0.25) is 4.79 Å². The Hall–Kier alpha value is -1.30. The van der Waals surface area contributed by atoms with Gasteiger partial charge in [-0.25, -0.2) is 4.79 Å². The van der Waals surface area contributed by atoms with Gasteiger partial charge in [0.25, 0.3) is 0 Å². The number of aliphatic carboxylic acids is 1. The first-order chi connectivity index (χ1) is 9.54. The van der Waals surface area contributed by atoms with E-state index >= 15 is 0 Å². The van der Waals surface area contributed by atoms with Gasteiger partial charge in [0.15, 0.2) is 0 Å². The van der Waals surface area contributed by atoms with Crippen molar-refractivity contribution in [1.82, 2.24) is 10.2 Å². The van der Waals surface area contributed by atoms with Gasteiger partial charge in [-0.05, 0) is 26.2 Å². The van der Waals surface area contributed by atoms with Crippen molar-refractivity contribution in [3.05, 3.63) is 0 Å². The molecule has 1 saturated heterocycles. The fourth-order valence-corrected chi connectivity index (χ4v) is 2.31. The molecule has 0 bridgehead atoms. The van der Waals surface area contributed by atoms with Gasteiger partial charge < -0.3 is 20.1 Å². The number of amides is 2. The highest BCUT2D eigenvalue weighted by Crippen LogP contribution is 2.14. The van der Waals surface area contributed by atoms with Crippen LogP contribution in [0.3, 0.4) is 0 Å². The number of carbonyl (C=O) groups is 2. The van der Waals surface area contributed by atoms with Crippen molar-refractivity contribution in [2.45, 2.75) is 58.1 Å². The number of morpholine rings is 1. The standard InChI is InChI=1S/C14H26N2O4/c1-3-12-10-20-11(2)9-16(12)14(19)15-8-6-4-5-7-13(17)18/h11-12H,3-10H2,1-2H3,(H,15,19)(H,17,18). The van der Waals surface area contributed by atoms with Crippen molar-refractivity contribution in [3.63, 3.8) is 0 Å². The number of nitrogens with one attached hydrogen (secondary N) is 1. The number of unbranched alkanes of at least 4 members (excludes halogenated alkanes) is 2. The minimum Gasteiger partial charge on any atom is -0.481 e. The van der Waals surface area contributed by atoms with Crippen LogP contribution in [0.1, 0.15) is 46.0 Å². The second kappa shape index (κ2) is 8.79. The van der Waals surface area contributed by atoms with E-state index in [2.05, 4.69) is 12.2 Å². The molecule has 0 aromatic rings. The highest BCUT2D eigenvalue weighted by atomic mass is 16.5. The Kier molecular flexibility index (Phi) is 7.36. The molecule has 1 aliphatic rings. The molecule has 1 rings (SSSR count). The van der Waals surface area contributed by atoms with Crippen molar-refractivity contribution < 1.29 is 19.4 Å². The number of hydrogen-bond acceptors (Lipinski definition) is 3. The minimum atomic E-state index is -0.762. The van der Waals surface area contributed by atoms with Crippen LogP contribution in [0.4, 0.5) is 4.79 Å². The molecule has 0 radical (unpaired) electrons. The second-order valence-electron chi connectivity index (χ2n) is 5.29. The van der Waals surface area contributed by atoms with Crippen LogP contribution < -0.4 is 5.32 Å². The Morgan fingerprint density at radius 3 is 2.75 bits per heavy atom. The third kappa shape index (κ3) is 5.77. The van der Waals surface area contributed by atoms with Crippen molar-refractivity contribution in [3.8, 4) is 0 Å². The number of urea groups is 1. The number of rotatable bonds is 7. The Bertz CT molecular complexity index is 322. The maximum atomic E-state index is 12.1. The molecule has 1 heterocycles. The van der Waals surface area contributed by atoms with E-state index in [1.54, 1.807) is 0 Å². The van der Waals surface area contributed by atoms with Gasteiger partial charge in [0, 0.05) is 19.5 Å². The summed E-state index contributed by atoms with van der Waals surface area (Å²) in [5.41, 5.74) is 0. The molecule has 6 heteroatoms. The van der Waals surface area contributed by atoms with E-state index in [0.717, 1.165) is 19.3 Å². The SMILES string of the molecule is CCC1COC(C)CN1C(=O)NCCCCCC(=O)O. The molecule has 0 saturated carbocycles. The minimum absolute atomic E-state index is 0.0368. The molecule has 0 aromatic carbocycles. The Morgan fingerprint density at radius 1 is 1.35 bits per heavy atom. The number of nitrogens with zero attached hydrogens (tertiary/aromatic N) is 1. The van der Waals surface area contributed by atoms with Gasteiger partial charge >= 0.3 is 12.0 Å². The van der Waals surface area contributed by atoms with Crippen LogP contribution in [-0.4, -0.2) is 53.8 Å². The summed E-state index contributed by atoms with van der Waals surface area (Å²) >= 11 is 0. The number of carboxylic acids is 1. The van der Waals surface area contributed by atoms with Crippen LogP contribution >= 0.6 is 0 Å². The molecule has 1 aliphatic heterocycles. The van der Waals surface area contributed by atoms with Crippen molar-refractivity contribution >= 4 is 12.0 Å². The molecule has 1 fully saturated rings. The lowest BCUT2D eigenvalue weighted by atomic mass is 10.1. The topological polar surface area (TPSA) is 78.9 Å². The van der Waals surface area contributed by atoms with Crippen molar-refractivity contribution in [2.24, 2.45) is 0 Å². The first kappa shape index (κ1) is 16.8. The summed E-state index contributed by atoms with van der Waals surface area (Å²) in [5.74, 6) is -0.762. The van der Waals surface area contributed by atoms with E-state index in [1.165, 1.54) is 0 Å². The van der Waals surface area contributed by atoms with E-state index in [4.69, 9.17) is 9.84 Å². The molecule has 0 spiro atoms. The van der Waals surface area contributed by atoms with Crippen LogP contribution in [0.2, 0.25) is 0 Å². The molecule has 2 N–H and O–H groups in total. The summed E-state index contributed by atoms with van der Waals surface area (Å²) < 4.78 is 5.56. The first-order valence-corrected chi connectivity index (χ1v) is 7.42. The molecule has 2 atom stereocenters. The predicted molar refractivity (Wildman–Crippen MR) is 75.7 cm³/mol. The largest absolute Gasteiger partial charge is 0.481 e. The van der Waals surface area contributed by atoms with Crippen LogP contribution in [-0.2, 0) is 9.53 Å². The Balaban J connectivity index is 2.21. The van der Waals surface area contributed by atoms with Crippen LogP contribution in [0, 0.1) is 0 Å². The summed E-state index contributed by atoms with van der Waals surface area (Å²) in [5, 5.41) is 11.4. The van der Waals surface area contributed by atoms with Crippen LogP contribution in [0.5, 0.6) is 0 Å². The summed E-state index contributed by atoms with van der Waals surface area (Å²) in [7, 11) is 0. The molecular formula is C14H26N2O4. The maximum absolute atomic E-state index is 12.1. The number of carbonyl (C=O) groups excluding carboxylic acids is 1. The maximum Gasteiger partial charge on any atom is 0.317 e. The first-order valence-electron chi connectivity index (χ1n) is 7.42. The highest BCUT2D eigenvalue weighted by Gasteiger charge is 2.28. The van der Waals surface area contributed by atoms with E-state index in [1.807, 2.05) is 11.8 Å². The number of carboxylic acid groups (broad SMARTS) is 1. The van der Waals surface area contributed by atoms with E-state index < -0.39 is 5.97 Å². The van der Waals surface area contributed by atoms with Gasteiger partial charge in [0.1, 0.15) is 0 Å². The Morgan fingerprint density at radius 2 is 2.10 bits per heavy atom. The average molecular weight is 286 g/mol. The normalized spacial score (nSPS) is 22.6. The summed E-state index contributed by atoms with van der Waals surface area (Å²) in [6.45, 7) is 5.85. The second-order valence-corrected chi connectivity index (χ2v) is 5.29. The molecular weight excluding hydrogens is 260 g/mol. The smallest absolute Gasteiger partial charge is 0.317 e. The monoisotopic (exact) mass is 286 g/mol. The van der Waals surface area contributed by atoms with Crippen molar-refractivity contribution in [1.29, 1.82) is 0 Å². The molecule has 116 valence electrons. The average Bonchev–Trinajstić information content (AvgIpc) is 2.42. The van der Waals surface area contributed by atoms with Crippen LogP contribution in [0.15, 0.2) is 0 Å². The zero-order valence-corrected chi connectivity index (χ0v) is 12.4. The third-order valence-electron chi connectivity index (χ3n) is 3.54. The Labute approximate surface area is 120 Å². The molecule has 20 heavy (non-hydrogen) atoms. The van der Waals surface area contributed by atoms with Gasteiger partial charge in [0.2, 0.25) is 0 Å². The van der Waals surface area contributed by atoms with Crippen molar-refractivity contribution in [2.75, 3.05) is 19.7 Å². The third-order valence-corrected chi connectivity index (χ3v) is 3.54. The van der Waals surface area contributed by atoms with Crippen LogP contribution in [0.25, 0.3) is 0 Å². The number of hydrogen-bond donors (Lipinski definition) is 2. The van der Waals surface area contributed by atoms with Gasteiger partial charge in [-0.15, -0.1) is 0 Å². The summed E-state index contributed by atoms with van der Waals surface area (Å²) in [6, 6.07) is 0.114. The quantitative estimate of drug-likeness (QED) is 0.700. The molecule has 2 unspecified atom stereocenters. The fraction of sp³-hybridized carbons (Fsp3) is 0.857. The lowest BCUT2D eigenvalue weighted by Gasteiger charge is -2.38. The van der Waals surface area contributed by atoms with Gasteiger partial charge in [-0.1, -0.05) is 13.3 Å². The fourth-order valence-electron chi connectivity index (χ4n) is 2.31. The molecule has 0 aromatic heterocycles. The molecule has 6 nitrogen and oxygen atoms in total.